The topological polar surface area (TPSA) is 62.2 Å². The van der Waals surface area contributed by atoms with Crippen LogP contribution in [0.25, 0.3) is 5.69 Å². The Hall–Kier alpha value is -3.75. The van der Waals surface area contributed by atoms with Gasteiger partial charge in [-0.3, -0.25) is 9.78 Å². The molecule has 39 heavy (non-hydrogen) atoms. The fraction of sp³-hybridized carbons (Fsp3) is 0.233. The zero-order valence-corrected chi connectivity index (χ0v) is 23.5. The number of hydrogen-bond donors (Lipinski definition) is 2. The third-order valence-electron chi connectivity index (χ3n) is 7.17. The van der Waals surface area contributed by atoms with Gasteiger partial charge >= 0.3 is 0 Å². The predicted molar refractivity (Wildman–Crippen MR) is 157 cm³/mol. The van der Waals surface area contributed by atoms with Crippen molar-refractivity contribution in [1.29, 1.82) is 0 Å². The summed E-state index contributed by atoms with van der Waals surface area (Å²) in [5, 5.41) is 7.57. The molecule has 0 spiro atoms. The van der Waals surface area contributed by atoms with Gasteiger partial charge in [0.15, 0.2) is 5.11 Å². The highest BCUT2D eigenvalue weighted by molar-refractivity contribution is 7.80. The number of carbonyl (C=O) groups is 1. The number of thiocarbonyl (C=S) groups is 1. The maximum absolute atomic E-state index is 13.3. The lowest BCUT2D eigenvalue weighted by Crippen LogP contribution is -2.32. The van der Waals surface area contributed by atoms with Crippen LogP contribution in [-0.2, 0) is 4.79 Å². The van der Waals surface area contributed by atoms with Crippen LogP contribution in [0.5, 0.6) is 0 Å². The van der Waals surface area contributed by atoms with Crippen LogP contribution in [0.4, 0.5) is 10.1 Å². The first kappa shape index (κ1) is 26.8. The highest BCUT2D eigenvalue weighted by atomic mass is 35.5. The first-order chi connectivity index (χ1) is 18.7. The first-order valence-corrected chi connectivity index (χ1v) is 13.5. The number of amides is 1. The number of aryl methyl sites for hydroxylation is 1. The van der Waals surface area contributed by atoms with E-state index in [1.807, 2.05) is 37.3 Å². The Bertz CT molecular complexity index is 1520. The Morgan fingerprint density at radius 2 is 1.87 bits per heavy atom. The molecule has 9 heteroatoms. The van der Waals surface area contributed by atoms with Crippen LogP contribution < -0.4 is 10.6 Å². The van der Waals surface area contributed by atoms with Crippen molar-refractivity contribution in [1.82, 2.24) is 19.8 Å². The van der Waals surface area contributed by atoms with Crippen LogP contribution in [0.2, 0.25) is 5.02 Å². The summed E-state index contributed by atoms with van der Waals surface area (Å²) in [5.41, 5.74) is 6.67. The number of nitrogens with zero attached hydrogens (tertiary/aromatic N) is 3. The van der Waals surface area contributed by atoms with Crippen LogP contribution in [-0.4, -0.2) is 32.0 Å². The van der Waals surface area contributed by atoms with Gasteiger partial charge in [-0.2, -0.15) is 0 Å². The minimum Gasteiger partial charge on any atom is -0.352 e. The van der Waals surface area contributed by atoms with E-state index in [4.69, 9.17) is 23.8 Å². The van der Waals surface area contributed by atoms with Crippen molar-refractivity contribution in [2.45, 2.75) is 39.3 Å². The summed E-state index contributed by atoms with van der Waals surface area (Å²) in [6.07, 6.45) is 1.98. The highest BCUT2D eigenvalue weighted by Crippen LogP contribution is 2.42. The van der Waals surface area contributed by atoms with Crippen molar-refractivity contribution < 1.29 is 9.18 Å². The summed E-state index contributed by atoms with van der Waals surface area (Å²) in [5.74, 6) is -0.528. The molecule has 5 rings (SSSR count). The fourth-order valence-electron chi connectivity index (χ4n) is 5.26. The molecule has 1 amide bonds. The van der Waals surface area contributed by atoms with Gasteiger partial charge in [-0.1, -0.05) is 23.7 Å². The minimum atomic E-state index is -0.351. The van der Waals surface area contributed by atoms with Crippen LogP contribution >= 0.6 is 23.8 Å². The molecule has 1 aliphatic heterocycles. The average molecular weight is 562 g/mol. The molecule has 2 N–H and O–H groups in total. The van der Waals surface area contributed by atoms with Crippen molar-refractivity contribution in [3.63, 3.8) is 0 Å². The van der Waals surface area contributed by atoms with Gasteiger partial charge in [0.2, 0.25) is 5.91 Å². The fourth-order valence-corrected chi connectivity index (χ4v) is 5.76. The second-order valence-electron chi connectivity index (χ2n) is 9.67. The molecule has 6 nitrogen and oxygen atoms in total. The van der Waals surface area contributed by atoms with E-state index in [9.17, 15) is 9.18 Å². The normalized spacial score (nSPS) is 16.8. The van der Waals surface area contributed by atoms with Gasteiger partial charge < -0.3 is 20.1 Å². The summed E-state index contributed by atoms with van der Waals surface area (Å²) >= 11 is 12.3. The van der Waals surface area contributed by atoms with Crippen molar-refractivity contribution >= 4 is 40.5 Å². The number of anilines is 1. The second-order valence-corrected chi connectivity index (χ2v) is 10.5. The molecule has 0 bridgehead atoms. The molecule has 0 radical (unpaired) electrons. The van der Waals surface area contributed by atoms with E-state index in [-0.39, 0.29) is 30.2 Å². The molecule has 1 saturated heterocycles. The van der Waals surface area contributed by atoms with Gasteiger partial charge in [-0.05, 0) is 98.7 Å². The number of halogens is 2. The lowest BCUT2D eigenvalue weighted by Gasteiger charge is -2.28. The van der Waals surface area contributed by atoms with Crippen molar-refractivity contribution in [3.8, 4) is 5.69 Å². The molecule has 3 heterocycles. The highest BCUT2D eigenvalue weighted by Gasteiger charge is 2.41. The van der Waals surface area contributed by atoms with Crippen molar-refractivity contribution in [2.24, 2.45) is 0 Å². The van der Waals surface area contributed by atoms with E-state index < -0.39 is 0 Å². The molecular weight excluding hydrogens is 533 g/mol. The van der Waals surface area contributed by atoms with Crippen LogP contribution in [0.1, 0.15) is 46.7 Å². The van der Waals surface area contributed by atoms with E-state index in [1.165, 1.54) is 12.1 Å². The van der Waals surface area contributed by atoms with Gasteiger partial charge in [-0.25, -0.2) is 4.39 Å². The van der Waals surface area contributed by atoms with E-state index in [0.717, 1.165) is 33.9 Å². The zero-order valence-electron chi connectivity index (χ0n) is 21.9. The Balaban J connectivity index is 1.48. The first-order valence-electron chi connectivity index (χ1n) is 12.7. The third kappa shape index (κ3) is 5.40. The summed E-state index contributed by atoms with van der Waals surface area (Å²) in [6, 6.07) is 19.3. The van der Waals surface area contributed by atoms with Gasteiger partial charge in [-0.15, -0.1) is 0 Å². The molecule has 0 aliphatic carbocycles. The number of nitrogens with one attached hydrogen (secondary N) is 2. The largest absolute Gasteiger partial charge is 0.352 e. The second kappa shape index (κ2) is 11.2. The Morgan fingerprint density at radius 1 is 1.10 bits per heavy atom. The van der Waals surface area contributed by atoms with E-state index in [0.29, 0.717) is 22.4 Å². The Kier molecular flexibility index (Phi) is 7.68. The Labute approximate surface area is 237 Å². The van der Waals surface area contributed by atoms with Gasteiger partial charge in [0.1, 0.15) is 5.82 Å². The zero-order chi connectivity index (χ0) is 27.7. The predicted octanol–water partition coefficient (Wildman–Crippen LogP) is 6.59. The van der Waals surface area contributed by atoms with E-state index >= 15 is 0 Å². The molecule has 2 aromatic heterocycles. The molecule has 1 fully saturated rings. The van der Waals surface area contributed by atoms with E-state index in [2.05, 4.69) is 51.1 Å². The van der Waals surface area contributed by atoms with Gasteiger partial charge in [0.25, 0.3) is 0 Å². The van der Waals surface area contributed by atoms with Crippen molar-refractivity contribution in [3.05, 3.63) is 112 Å². The summed E-state index contributed by atoms with van der Waals surface area (Å²) < 4.78 is 15.5. The summed E-state index contributed by atoms with van der Waals surface area (Å²) in [7, 11) is 0. The van der Waals surface area contributed by atoms with Gasteiger partial charge in [0, 0.05) is 46.9 Å². The average Bonchev–Trinajstić information content (AvgIpc) is 3.40. The molecule has 2 atom stereocenters. The standard InChI is InChI=1S/C30H29ClFN5OS/c1-18-17-23(20(3)37(18)26-9-6-7-24(31)19(26)2)29-28(25-8-4-5-15-33-25)35-30(39)36(29)16-14-27(38)34-22-12-10-21(32)11-13-22/h4-13,15,17,28-29H,14,16H2,1-3H3,(H,34,38)(H,35,39). The Morgan fingerprint density at radius 3 is 2.59 bits per heavy atom. The van der Waals surface area contributed by atoms with Crippen LogP contribution in [0.3, 0.4) is 0 Å². The number of hydrogen-bond acceptors (Lipinski definition) is 3. The monoisotopic (exact) mass is 561 g/mol. The molecule has 2 aromatic carbocycles. The number of carbonyl (C=O) groups excluding carboxylic acids is 1. The maximum atomic E-state index is 13.3. The lowest BCUT2D eigenvalue weighted by atomic mass is 9.96. The molecule has 2 unspecified atom stereocenters. The number of aromatic nitrogens is 2. The molecule has 4 aromatic rings. The molecule has 1 aliphatic rings. The minimum absolute atomic E-state index is 0.176. The number of benzene rings is 2. The third-order valence-corrected chi connectivity index (χ3v) is 7.94. The summed E-state index contributed by atoms with van der Waals surface area (Å²) in [6.45, 7) is 6.59. The molecule has 0 saturated carbocycles. The van der Waals surface area contributed by atoms with Crippen LogP contribution in [0, 0.1) is 26.6 Å². The maximum Gasteiger partial charge on any atom is 0.226 e. The lowest BCUT2D eigenvalue weighted by molar-refractivity contribution is -0.116. The summed E-state index contributed by atoms with van der Waals surface area (Å²) in [4.78, 5) is 19.5. The number of rotatable bonds is 7. The van der Waals surface area contributed by atoms with E-state index in [1.54, 1.807) is 18.3 Å². The molecule has 200 valence electrons. The smallest absolute Gasteiger partial charge is 0.226 e. The van der Waals surface area contributed by atoms with Crippen LogP contribution in [0.15, 0.2) is 72.9 Å². The van der Waals surface area contributed by atoms with Crippen molar-refractivity contribution in [2.75, 3.05) is 11.9 Å². The molecular formula is C30H29ClFN5OS. The number of pyridine rings is 1. The quantitative estimate of drug-likeness (QED) is 0.249. The SMILES string of the molecule is Cc1c(Cl)cccc1-n1c(C)cc(C2C(c3ccccn3)NC(=S)N2CCC(=O)Nc2ccc(F)cc2)c1C. The van der Waals surface area contributed by atoms with Gasteiger partial charge in [0.05, 0.1) is 17.8 Å².